The summed E-state index contributed by atoms with van der Waals surface area (Å²) in [5.74, 6) is 0.557. The summed E-state index contributed by atoms with van der Waals surface area (Å²) < 4.78 is 1.81. The molecule has 0 saturated carbocycles. The molecular weight excluding hydrogens is 344 g/mol. The van der Waals surface area contributed by atoms with E-state index in [0.717, 1.165) is 41.2 Å². The van der Waals surface area contributed by atoms with Crippen molar-refractivity contribution in [3.63, 3.8) is 0 Å². The van der Waals surface area contributed by atoms with Crippen LogP contribution in [0.2, 0.25) is 0 Å². The number of fused-ring (bicyclic) bond motifs is 1. The van der Waals surface area contributed by atoms with E-state index in [4.69, 9.17) is 4.98 Å². The van der Waals surface area contributed by atoms with Crippen LogP contribution in [0.4, 0.5) is 0 Å². The van der Waals surface area contributed by atoms with E-state index in [1.54, 1.807) is 11.3 Å². The second-order valence-electron chi connectivity index (χ2n) is 7.38. The summed E-state index contributed by atoms with van der Waals surface area (Å²) in [4.78, 5) is 22.9. The van der Waals surface area contributed by atoms with Crippen LogP contribution in [-0.4, -0.2) is 39.1 Å². The van der Waals surface area contributed by atoms with Crippen LogP contribution in [0.5, 0.6) is 0 Å². The number of likely N-dealkylation sites (tertiary alicyclic amines) is 1. The molecular formula is C20H26N4OS. The number of para-hydroxylation sites is 1. The first-order chi connectivity index (χ1) is 12.6. The van der Waals surface area contributed by atoms with Gasteiger partial charge in [0.25, 0.3) is 0 Å². The van der Waals surface area contributed by atoms with Crippen LogP contribution in [-0.2, 0) is 0 Å². The lowest BCUT2D eigenvalue weighted by atomic mass is 9.94. The van der Waals surface area contributed by atoms with Crippen molar-refractivity contribution >= 4 is 22.4 Å². The molecule has 4 rings (SSSR count). The molecule has 0 aliphatic carbocycles. The number of thiazole rings is 1. The average Bonchev–Trinajstić information content (AvgIpc) is 3.25. The van der Waals surface area contributed by atoms with E-state index in [-0.39, 0.29) is 11.7 Å². The maximum absolute atomic E-state index is 12.4. The number of nitrogens with zero attached hydrogens (tertiary/aromatic N) is 3. The Morgan fingerprint density at radius 1 is 1.31 bits per heavy atom. The van der Waals surface area contributed by atoms with Crippen molar-refractivity contribution in [1.82, 2.24) is 19.4 Å². The van der Waals surface area contributed by atoms with Crippen LogP contribution in [0.15, 0.2) is 28.4 Å². The normalized spacial score (nSPS) is 16.8. The molecule has 1 aliphatic rings. The Balaban J connectivity index is 1.68. The minimum atomic E-state index is -0.0498. The van der Waals surface area contributed by atoms with Gasteiger partial charge < -0.3 is 9.88 Å². The van der Waals surface area contributed by atoms with E-state index in [1.165, 1.54) is 18.5 Å². The molecule has 0 atom stereocenters. The number of hydrogen-bond acceptors (Lipinski definition) is 4. The first kappa shape index (κ1) is 17.5. The Bertz CT molecular complexity index is 960. The van der Waals surface area contributed by atoms with Crippen molar-refractivity contribution in [2.75, 3.05) is 19.6 Å². The van der Waals surface area contributed by atoms with E-state index in [9.17, 15) is 4.79 Å². The molecule has 1 saturated heterocycles. The highest BCUT2D eigenvalue weighted by atomic mass is 32.1. The second kappa shape index (κ2) is 7.00. The van der Waals surface area contributed by atoms with Crippen LogP contribution in [0, 0.1) is 0 Å². The second-order valence-corrected chi connectivity index (χ2v) is 8.24. The third-order valence-corrected chi connectivity index (χ3v) is 6.37. The number of hydrogen-bond donors (Lipinski definition) is 1. The van der Waals surface area contributed by atoms with Gasteiger partial charge in [0.2, 0.25) is 0 Å². The fourth-order valence-electron chi connectivity index (χ4n) is 3.98. The van der Waals surface area contributed by atoms with Crippen LogP contribution < -0.4 is 5.69 Å². The maximum atomic E-state index is 12.4. The lowest BCUT2D eigenvalue weighted by Crippen LogP contribution is -2.32. The first-order valence-electron chi connectivity index (χ1n) is 9.49. The van der Waals surface area contributed by atoms with Crippen LogP contribution in [0.25, 0.3) is 21.6 Å². The zero-order valence-corrected chi connectivity index (χ0v) is 16.5. The molecule has 0 unspecified atom stereocenters. The largest absolute Gasteiger partial charge is 0.326 e. The molecule has 1 aromatic carbocycles. The SMILES string of the molecule is CCN1CCC(c2csc(-c3cccc4c3[nH]c(=O)n4C(C)C)n2)CC1. The van der Waals surface area contributed by atoms with Crippen molar-refractivity contribution < 1.29 is 0 Å². The quantitative estimate of drug-likeness (QED) is 0.747. The number of rotatable bonds is 4. The third kappa shape index (κ3) is 3.01. The molecule has 0 spiro atoms. The lowest BCUT2D eigenvalue weighted by Gasteiger charge is -2.30. The molecule has 5 nitrogen and oxygen atoms in total. The van der Waals surface area contributed by atoms with Gasteiger partial charge in [-0.2, -0.15) is 0 Å². The molecule has 1 N–H and O–H groups in total. The van der Waals surface area contributed by atoms with Gasteiger partial charge in [-0.3, -0.25) is 4.57 Å². The smallest absolute Gasteiger partial charge is 0.305 e. The van der Waals surface area contributed by atoms with Gasteiger partial charge in [-0.1, -0.05) is 13.0 Å². The van der Waals surface area contributed by atoms with Crippen LogP contribution in [0.3, 0.4) is 0 Å². The molecule has 0 bridgehead atoms. The molecule has 0 amide bonds. The summed E-state index contributed by atoms with van der Waals surface area (Å²) in [5, 5.41) is 3.21. The topological polar surface area (TPSA) is 53.9 Å². The summed E-state index contributed by atoms with van der Waals surface area (Å²) in [6.07, 6.45) is 2.36. The number of piperidine rings is 1. The van der Waals surface area contributed by atoms with Crippen molar-refractivity contribution in [2.45, 2.75) is 45.6 Å². The van der Waals surface area contributed by atoms with Gasteiger partial charge in [-0.25, -0.2) is 9.78 Å². The zero-order valence-electron chi connectivity index (χ0n) is 15.7. The molecule has 26 heavy (non-hydrogen) atoms. The number of benzene rings is 1. The van der Waals surface area contributed by atoms with Gasteiger partial charge in [0.1, 0.15) is 5.01 Å². The highest BCUT2D eigenvalue weighted by Crippen LogP contribution is 2.34. The predicted molar refractivity (Wildman–Crippen MR) is 108 cm³/mol. The number of H-pyrrole nitrogens is 1. The van der Waals surface area contributed by atoms with E-state index in [0.29, 0.717) is 5.92 Å². The zero-order chi connectivity index (χ0) is 18.3. The minimum absolute atomic E-state index is 0.0498. The maximum Gasteiger partial charge on any atom is 0.326 e. The number of imidazole rings is 1. The Labute approximate surface area is 157 Å². The monoisotopic (exact) mass is 370 g/mol. The molecule has 3 heterocycles. The van der Waals surface area contributed by atoms with Gasteiger partial charge >= 0.3 is 5.69 Å². The number of nitrogens with one attached hydrogen (secondary N) is 1. The fourth-order valence-corrected chi connectivity index (χ4v) is 4.91. The Kier molecular flexibility index (Phi) is 4.71. The van der Waals surface area contributed by atoms with Crippen molar-refractivity contribution in [3.05, 3.63) is 39.8 Å². The highest BCUT2D eigenvalue weighted by molar-refractivity contribution is 7.13. The predicted octanol–water partition coefficient (Wildman–Crippen LogP) is 4.23. The fraction of sp³-hybridized carbons (Fsp3) is 0.500. The molecule has 138 valence electrons. The summed E-state index contributed by atoms with van der Waals surface area (Å²) in [6.45, 7) is 9.75. The van der Waals surface area contributed by atoms with Crippen molar-refractivity contribution in [3.8, 4) is 10.6 Å². The van der Waals surface area contributed by atoms with Gasteiger partial charge in [0.15, 0.2) is 0 Å². The number of aromatic amines is 1. The van der Waals surface area contributed by atoms with E-state index < -0.39 is 0 Å². The third-order valence-electron chi connectivity index (χ3n) is 5.47. The van der Waals surface area contributed by atoms with Crippen LogP contribution in [0.1, 0.15) is 51.3 Å². The highest BCUT2D eigenvalue weighted by Gasteiger charge is 2.22. The minimum Gasteiger partial charge on any atom is -0.305 e. The van der Waals surface area contributed by atoms with E-state index in [2.05, 4.69) is 28.3 Å². The Hall–Kier alpha value is -1.92. The summed E-state index contributed by atoms with van der Waals surface area (Å²) in [7, 11) is 0. The van der Waals surface area contributed by atoms with Crippen LogP contribution >= 0.6 is 11.3 Å². The van der Waals surface area contributed by atoms with Gasteiger partial charge in [-0.05, 0) is 58.5 Å². The standard InChI is InChI=1S/C20H26N4OS/c1-4-23-10-8-14(9-11-23)16-12-26-19(21-16)15-6-5-7-17-18(15)22-20(25)24(17)13(2)3/h5-7,12-14H,4,8-11H2,1-3H3,(H,22,25). The van der Waals surface area contributed by atoms with Crippen molar-refractivity contribution in [1.29, 1.82) is 0 Å². The molecule has 6 heteroatoms. The molecule has 1 fully saturated rings. The molecule has 2 aromatic heterocycles. The van der Waals surface area contributed by atoms with E-state index in [1.807, 2.05) is 30.5 Å². The Morgan fingerprint density at radius 3 is 2.77 bits per heavy atom. The van der Waals surface area contributed by atoms with E-state index >= 15 is 0 Å². The molecule has 1 aliphatic heterocycles. The molecule has 3 aromatic rings. The first-order valence-corrected chi connectivity index (χ1v) is 10.4. The molecule has 0 radical (unpaired) electrons. The summed E-state index contributed by atoms with van der Waals surface area (Å²) in [5.41, 5.74) is 4.04. The average molecular weight is 371 g/mol. The lowest BCUT2D eigenvalue weighted by molar-refractivity contribution is 0.221. The van der Waals surface area contributed by atoms with Gasteiger partial charge in [0.05, 0.1) is 16.7 Å². The van der Waals surface area contributed by atoms with Crippen molar-refractivity contribution in [2.24, 2.45) is 0 Å². The summed E-state index contributed by atoms with van der Waals surface area (Å²) in [6, 6.07) is 6.21. The van der Waals surface area contributed by atoms with Gasteiger partial charge in [-0.15, -0.1) is 11.3 Å². The van der Waals surface area contributed by atoms with Gasteiger partial charge in [0, 0.05) is 22.9 Å². The Morgan fingerprint density at radius 2 is 2.08 bits per heavy atom. The summed E-state index contributed by atoms with van der Waals surface area (Å²) >= 11 is 1.69. The number of aromatic nitrogens is 3.